The van der Waals surface area contributed by atoms with Gasteiger partial charge in [0.1, 0.15) is 17.2 Å². The summed E-state index contributed by atoms with van der Waals surface area (Å²) in [5.74, 6) is -5.12. The average Bonchev–Trinajstić information content (AvgIpc) is 2.52. The van der Waals surface area contributed by atoms with Gasteiger partial charge in [0.25, 0.3) is 0 Å². The zero-order chi connectivity index (χ0) is 19.9. The smallest absolute Gasteiger partial charge is 0.150 e. The Labute approximate surface area is 153 Å². The number of nitrogens with zero attached hydrogens (tertiary/aromatic N) is 1. The quantitative estimate of drug-likeness (QED) is 0.455. The first-order valence-corrected chi connectivity index (χ1v) is 8.16. The maximum atomic E-state index is 14.6. The molecule has 3 rings (SSSR count). The van der Waals surface area contributed by atoms with Crippen LogP contribution >= 0.6 is 0 Å². The third-order valence-electron chi connectivity index (χ3n) is 4.11. The van der Waals surface area contributed by atoms with Crippen molar-refractivity contribution in [1.82, 2.24) is 0 Å². The summed E-state index contributed by atoms with van der Waals surface area (Å²) in [5.41, 5.74) is -0.782. The number of rotatable bonds is 3. The van der Waals surface area contributed by atoms with Gasteiger partial charge in [0.2, 0.25) is 0 Å². The zero-order valence-electron chi connectivity index (χ0n) is 14.9. The number of benzene rings is 3. The van der Waals surface area contributed by atoms with E-state index in [-0.39, 0.29) is 16.8 Å². The fraction of sp³-hybridized carbons (Fsp3) is 0.143. The van der Waals surface area contributed by atoms with Crippen LogP contribution in [0.15, 0.2) is 42.5 Å². The Bertz CT molecular complexity index is 926. The highest BCUT2D eigenvalue weighted by molar-refractivity contribution is 5.78. The highest BCUT2D eigenvalue weighted by Crippen LogP contribution is 2.42. The minimum Gasteiger partial charge on any atom is -0.297 e. The van der Waals surface area contributed by atoms with Gasteiger partial charge in [-0.3, -0.25) is 4.90 Å². The van der Waals surface area contributed by atoms with E-state index in [1.807, 2.05) is 0 Å². The van der Waals surface area contributed by atoms with Crippen molar-refractivity contribution in [2.75, 3.05) is 4.90 Å². The van der Waals surface area contributed by atoms with Crippen LogP contribution in [0.5, 0.6) is 0 Å². The first-order valence-electron chi connectivity index (χ1n) is 8.16. The molecule has 1 nitrogen and oxygen atoms in total. The predicted octanol–water partition coefficient (Wildman–Crippen LogP) is 6.78. The first kappa shape index (κ1) is 18.9. The second-order valence-corrected chi connectivity index (χ2v) is 6.44. The molecule has 3 aromatic carbocycles. The molecule has 0 aliphatic rings. The number of anilines is 3. The molecule has 140 valence electrons. The van der Waals surface area contributed by atoms with Crippen LogP contribution < -0.4 is 4.90 Å². The molecule has 0 unspecified atom stereocenters. The lowest BCUT2D eigenvalue weighted by atomic mass is 10.1. The molecule has 0 radical (unpaired) electrons. The third kappa shape index (κ3) is 3.52. The normalized spacial score (nSPS) is 11.0. The van der Waals surface area contributed by atoms with Crippen molar-refractivity contribution in [3.8, 4) is 0 Å². The molecule has 0 saturated heterocycles. The number of aryl methyl sites for hydroxylation is 3. The highest BCUT2D eigenvalue weighted by atomic mass is 19.1. The summed E-state index contributed by atoms with van der Waals surface area (Å²) < 4.78 is 73.2. The van der Waals surface area contributed by atoms with Gasteiger partial charge in [-0.25, -0.2) is 22.0 Å². The van der Waals surface area contributed by atoms with E-state index in [2.05, 4.69) is 0 Å². The maximum absolute atomic E-state index is 14.6. The largest absolute Gasteiger partial charge is 0.297 e. The van der Waals surface area contributed by atoms with Gasteiger partial charge in [0, 0.05) is 0 Å². The Balaban J connectivity index is 2.39. The number of hydrogen-bond acceptors (Lipinski definition) is 1. The first-order chi connectivity index (χ1) is 12.7. The summed E-state index contributed by atoms with van der Waals surface area (Å²) in [7, 11) is 0. The van der Waals surface area contributed by atoms with E-state index < -0.39 is 40.5 Å². The number of hydrogen-bond donors (Lipinski definition) is 0. The Morgan fingerprint density at radius 2 is 0.889 bits per heavy atom. The summed E-state index contributed by atoms with van der Waals surface area (Å²) in [4.78, 5) is 0.600. The van der Waals surface area contributed by atoms with Crippen LogP contribution in [-0.2, 0) is 0 Å². The molecular weight excluding hydrogens is 361 g/mol. The summed E-state index contributed by atoms with van der Waals surface area (Å²) in [6.45, 7) is 4.57. The summed E-state index contributed by atoms with van der Waals surface area (Å²) >= 11 is 0. The molecule has 0 saturated carbocycles. The van der Waals surface area contributed by atoms with Crippen LogP contribution in [0.3, 0.4) is 0 Å². The molecule has 0 heterocycles. The Kier molecular flexibility index (Phi) is 4.91. The predicted molar refractivity (Wildman–Crippen MR) is 95.1 cm³/mol. The molecule has 0 atom stereocenters. The van der Waals surface area contributed by atoms with Crippen molar-refractivity contribution in [3.05, 3.63) is 88.2 Å². The molecular formula is C21H16F5N. The van der Waals surface area contributed by atoms with Crippen molar-refractivity contribution >= 4 is 17.1 Å². The molecule has 0 bridgehead atoms. The van der Waals surface area contributed by atoms with Crippen LogP contribution in [0.1, 0.15) is 16.7 Å². The van der Waals surface area contributed by atoms with E-state index in [1.54, 1.807) is 6.92 Å². The SMILES string of the molecule is Cc1ccc(N(c2c(F)cc(C)cc2F)c2c(F)cc(C)cc2F)c(F)c1. The molecule has 0 N–H and O–H groups in total. The highest BCUT2D eigenvalue weighted by Gasteiger charge is 2.28. The molecule has 0 spiro atoms. The van der Waals surface area contributed by atoms with Crippen LogP contribution in [0, 0.1) is 49.9 Å². The standard InChI is InChI=1S/C21H16F5N/c1-11-4-5-19(14(22)6-11)27(20-15(23)7-12(2)8-16(20)24)21-17(25)9-13(3)10-18(21)26/h4-10H,1-3H3. The van der Waals surface area contributed by atoms with Crippen LogP contribution in [0.25, 0.3) is 0 Å². The monoisotopic (exact) mass is 377 g/mol. The second-order valence-electron chi connectivity index (χ2n) is 6.44. The Hall–Kier alpha value is -2.89. The van der Waals surface area contributed by atoms with Gasteiger partial charge in [-0.2, -0.15) is 0 Å². The molecule has 0 aromatic heterocycles. The van der Waals surface area contributed by atoms with Crippen molar-refractivity contribution in [3.63, 3.8) is 0 Å². The maximum Gasteiger partial charge on any atom is 0.150 e. The van der Waals surface area contributed by atoms with E-state index in [9.17, 15) is 22.0 Å². The van der Waals surface area contributed by atoms with E-state index in [0.717, 1.165) is 30.3 Å². The third-order valence-corrected chi connectivity index (χ3v) is 4.11. The van der Waals surface area contributed by atoms with E-state index in [4.69, 9.17) is 0 Å². The lowest BCUT2D eigenvalue weighted by Gasteiger charge is -2.27. The summed E-state index contributed by atoms with van der Waals surface area (Å²) in [6.07, 6.45) is 0. The van der Waals surface area contributed by atoms with Gasteiger partial charge in [0.15, 0.2) is 23.3 Å². The van der Waals surface area contributed by atoms with Crippen molar-refractivity contribution in [2.45, 2.75) is 20.8 Å². The van der Waals surface area contributed by atoms with Gasteiger partial charge >= 0.3 is 0 Å². The fourth-order valence-electron chi connectivity index (χ4n) is 2.96. The average molecular weight is 377 g/mol. The topological polar surface area (TPSA) is 3.24 Å². The van der Waals surface area contributed by atoms with Crippen LogP contribution in [-0.4, -0.2) is 0 Å². The summed E-state index contributed by atoms with van der Waals surface area (Å²) in [5, 5.41) is 0. The van der Waals surface area contributed by atoms with E-state index in [0.29, 0.717) is 10.5 Å². The minimum atomic E-state index is -1.06. The minimum absolute atomic E-state index is 0.280. The lowest BCUT2D eigenvalue weighted by molar-refractivity contribution is 0.565. The molecule has 0 aliphatic carbocycles. The molecule has 3 aromatic rings. The van der Waals surface area contributed by atoms with E-state index in [1.165, 1.54) is 26.0 Å². The molecule has 0 amide bonds. The van der Waals surface area contributed by atoms with Crippen molar-refractivity contribution < 1.29 is 22.0 Å². The summed E-state index contributed by atoms with van der Waals surface area (Å²) in [6, 6.07) is 7.89. The van der Waals surface area contributed by atoms with Gasteiger partial charge in [0.05, 0.1) is 5.69 Å². The van der Waals surface area contributed by atoms with Gasteiger partial charge in [-0.1, -0.05) is 6.07 Å². The molecule has 0 aliphatic heterocycles. The molecule has 6 heteroatoms. The van der Waals surface area contributed by atoms with E-state index >= 15 is 0 Å². The molecule has 0 fully saturated rings. The van der Waals surface area contributed by atoms with Gasteiger partial charge in [-0.05, 0) is 73.9 Å². The van der Waals surface area contributed by atoms with Crippen molar-refractivity contribution in [1.29, 1.82) is 0 Å². The van der Waals surface area contributed by atoms with Gasteiger partial charge in [-0.15, -0.1) is 0 Å². The zero-order valence-corrected chi connectivity index (χ0v) is 14.9. The fourth-order valence-corrected chi connectivity index (χ4v) is 2.96. The van der Waals surface area contributed by atoms with Crippen LogP contribution in [0.2, 0.25) is 0 Å². The van der Waals surface area contributed by atoms with Crippen molar-refractivity contribution in [2.24, 2.45) is 0 Å². The second kappa shape index (κ2) is 7.02. The van der Waals surface area contributed by atoms with Crippen LogP contribution in [0.4, 0.5) is 39.0 Å². The van der Waals surface area contributed by atoms with Gasteiger partial charge < -0.3 is 0 Å². The lowest BCUT2D eigenvalue weighted by Crippen LogP contribution is -2.18. The molecule has 27 heavy (non-hydrogen) atoms. The Morgan fingerprint density at radius 3 is 1.26 bits per heavy atom. The number of halogens is 5. The Morgan fingerprint density at radius 1 is 0.519 bits per heavy atom.